The van der Waals surface area contributed by atoms with Gasteiger partial charge in [0.15, 0.2) is 0 Å². The van der Waals surface area contributed by atoms with Crippen molar-refractivity contribution in [3.05, 3.63) is 27.7 Å². The van der Waals surface area contributed by atoms with Crippen molar-refractivity contribution < 1.29 is 8.42 Å². The smallest absolute Gasteiger partial charge is 0.241 e. The van der Waals surface area contributed by atoms with E-state index in [0.29, 0.717) is 22.0 Å². The van der Waals surface area contributed by atoms with E-state index < -0.39 is 10.0 Å². The summed E-state index contributed by atoms with van der Waals surface area (Å²) in [5.74, 6) is 0.550. The number of nitrogens with one attached hydrogen (secondary N) is 2. The molecule has 0 aromatic heterocycles. The van der Waals surface area contributed by atoms with E-state index in [1.807, 2.05) is 0 Å². The molecule has 1 fully saturated rings. The van der Waals surface area contributed by atoms with E-state index >= 15 is 0 Å². The van der Waals surface area contributed by atoms with Crippen molar-refractivity contribution >= 4 is 37.6 Å². The molecule has 0 amide bonds. The number of benzene rings is 1. The topological polar surface area (TPSA) is 58.2 Å². The molecule has 1 saturated heterocycles. The SMILES string of the molecule is O=S(=O)(NCCC1CCCNC1)c1cccc(Cl)c1Br. The first-order valence-electron chi connectivity index (χ1n) is 6.65. The van der Waals surface area contributed by atoms with Crippen LogP contribution in [0.2, 0.25) is 5.02 Å². The number of hydrogen-bond donors (Lipinski definition) is 2. The lowest BCUT2D eigenvalue weighted by atomic mass is 9.96. The predicted molar refractivity (Wildman–Crippen MR) is 84.6 cm³/mol. The molecule has 0 aliphatic carbocycles. The molecule has 20 heavy (non-hydrogen) atoms. The molecular formula is C13H18BrClN2O2S. The fourth-order valence-corrected chi connectivity index (χ4v) is 4.62. The number of rotatable bonds is 5. The van der Waals surface area contributed by atoms with Gasteiger partial charge >= 0.3 is 0 Å². The molecule has 2 N–H and O–H groups in total. The summed E-state index contributed by atoms with van der Waals surface area (Å²) < 4.78 is 27.5. The zero-order valence-corrected chi connectivity index (χ0v) is 14.2. The van der Waals surface area contributed by atoms with E-state index in [0.717, 1.165) is 32.4 Å². The predicted octanol–water partition coefficient (Wildman–Crippen LogP) is 2.77. The molecular weight excluding hydrogens is 364 g/mol. The molecule has 0 saturated carbocycles. The number of piperidine rings is 1. The first-order chi connectivity index (χ1) is 9.50. The molecule has 1 aromatic carbocycles. The Morgan fingerprint density at radius 2 is 2.25 bits per heavy atom. The highest BCUT2D eigenvalue weighted by Gasteiger charge is 2.20. The third-order valence-electron chi connectivity index (χ3n) is 3.45. The highest BCUT2D eigenvalue weighted by atomic mass is 79.9. The van der Waals surface area contributed by atoms with Crippen LogP contribution >= 0.6 is 27.5 Å². The minimum Gasteiger partial charge on any atom is -0.316 e. The Kier molecular flexibility index (Phi) is 5.86. The minimum absolute atomic E-state index is 0.187. The van der Waals surface area contributed by atoms with Gasteiger partial charge in [0, 0.05) is 6.54 Å². The van der Waals surface area contributed by atoms with Gasteiger partial charge in [0.2, 0.25) is 10.0 Å². The lowest BCUT2D eigenvalue weighted by molar-refractivity contribution is 0.358. The Bertz CT molecular complexity index is 559. The van der Waals surface area contributed by atoms with Crippen LogP contribution in [-0.2, 0) is 10.0 Å². The molecule has 112 valence electrons. The Labute approximate surface area is 133 Å². The third-order valence-corrected chi connectivity index (χ3v) is 6.61. The number of sulfonamides is 1. The van der Waals surface area contributed by atoms with Gasteiger partial charge in [-0.1, -0.05) is 17.7 Å². The summed E-state index contributed by atoms with van der Waals surface area (Å²) >= 11 is 9.15. The van der Waals surface area contributed by atoms with Crippen LogP contribution in [0.3, 0.4) is 0 Å². The largest absolute Gasteiger partial charge is 0.316 e. The zero-order chi connectivity index (χ0) is 14.6. The highest BCUT2D eigenvalue weighted by molar-refractivity contribution is 9.10. The van der Waals surface area contributed by atoms with Gasteiger partial charge in [-0.15, -0.1) is 0 Å². The summed E-state index contributed by atoms with van der Waals surface area (Å²) in [4.78, 5) is 0.187. The second-order valence-electron chi connectivity index (χ2n) is 4.95. The molecule has 1 aliphatic rings. The monoisotopic (exact) mass is 380 g/mol. The quantitative estimate of drug-likeness (QED) is 0.824. The molecule has 7 heteroatoms. The Balaban J connectivity index is 1.95. The van der Waals surface area contributed by atoms with Crippen molar-refractivity contribution in [1.29, 1.82) is 0 Å². The average Bonchev–Trinajstić information content (AvgIpc) is 2.42. The minimum atomic E-state index is -3.52. The zero-order valence-electron chi connectivity index (χ0n) is 11.0. The molecule has 1 unspecified atom stereocenters. The van der Waals surface area contributed by atoms with Crippen LogP contribution in [0.5, 0.6) is 0 Å². The van der Waals surface area contributed by atoms with E-state index in [1.165, 1.54) is 0 Å². The van der Waals surface area contributed by atoms with Crippen molar-refractivity contribution in [2.45, 2.75) is 24.2 Å². The van der Waals surface area contributed by atoms with Gasteiger partial charge in [-0.2, -0.15) is 0 Å². The van der Waals surface area contributed by atoms with Gasteiger partial charge < -0.3 is 5.32 Å². The summed E-state index contributed by atoms with van der Waals surface area (Å²) in [6.07, 6.45) is 3.18. The summed E-state index contributed by atoms with van der Waals surface area (Å²) in [5.41, 5.74) is 0. The third kappa shape index (κ3) is 4.18. The van der Waals surface area contributed by atoms with Crippen LogP contribution in [0.4, 0.5) is 0 Å². The van der Waals surface area contributed by atoms with Crippen molar-refractivity contribution in [1.82, 2.24) is 10.0 Å². The first-order valence-corrected chi connectivity index (χ1v) is 9.30. The molecule has 1 aromatic rings. The van der Waals surface area contributed by atoms with Crippen LogP contribution in [0.25, 0.3) is 0 Å². The summed E-state index contributed by atoms with van der Waals surface area (Å²) in [6, 6.07) is 4.82. The summed E-state index contributed by atoms with van der Waals surface area (Å²) in [5, 5.41) is 3.72. The van der Waals surface area contributed by atoms with Gasteiger partial charge in [-0.25, -0.2) is 13.1 Å². The number of halogens is 2. The highest BCUT2D eigenvalue weighted by Crippen LogP contribution is 2.29. The molecule has 2 rings (SSSR count). The van der Waals surface area contributed by atoms with E-state index in [1.54, 1.807) is 18.2 Å². The van der Waals surface area contributed by atoms with E-state index in [9.17, 15) is 8.42 Å². The van der Waals surface area contributed by atoms with E-state index in [2.05, 4.69) is 26.0 Å². The average molecular weight is 382 g/mol. The molecule has 1 aliphatic heterocycles. The number of hydrogen-bond acceptors (Lipinski definition) is 3. The maximum atomic E-state index is 12.2. The molecule has 0 spiro atoms. The van der Waals surface area contributed by atoms with Gasteiger partial charge in [0.1, 0.15) is 0 Å². The van der Waals surface area contributed by atoms with Gasteiger partial charge in [0.05, 0.1) is 14.4 Å². The van der Waals surface area contributed by atoms with Crippen LogP contribution in [0, 0.1) is 5.92 Å². The van der Waals surface area contributed by atoms with Crippen LogP contribution in [0.15, 0.2) is 27.6 Å². The maximum Gasteiger partial charge on any atom is 0.241 e. The van der Waals surface area contributed by atoms with Crippen molar-refractivity contribution in [3.8, 4) is 0 Å². The van der Waals surface area contributed by atoms with Gasteiger partial charge in [-0.05, 0) is 66.3 Å². The van der Waals surface area contributed by atoms with Gasteiger partial charge in [-0.3, -0.25) is 0 Å². The maximum absolute atomic E-state index is 12.2. The second kappa shape index (κ2) is 7.22. The summed E-state index contributed by atoms with van der Waals surface area (Å²) in [6.45, 7) is 2.49. The standard InChI is InChI=1S/C13H18BrClN2O2S/c14-13-11(15)4-1-5-12(13)20(18,19)17-8-6-10-3-2-7-16-9-10/h1,4-5,10,16-17H,2-3,6-9H2. The fourth-order valence-electron chi connectivity index (χ4n) is 2.34. The van der Waals surface area contributed by atoms with Crippen LogP contribution in [0.1, 0.15) is 19.3 Å². The fraction of sp³-hybridized carbons (Fsp3) is 0.538. The molecule has 0 radical (unpaired) electrons. The Hall–Kier alpha value is -0.140. The second-order valence-corrected chi connectivity index (χ2v) is 7.89. The lowest BCUT2D eigenvalue weighted by Gasteiger charge is -2.22. The normalized spacial score (nSPS) is 20.0. The molecule has 1 heterocycles. The molecule has 1 atom stereocenters. The summed E-state index contributed by atoms with van der Waals surface area (Å²) in [7, 11) is -3.52. The van der Waals surface area contributed by atoms with Gasteiger partial charge in [0.25, 0.3) is 0 Å². The lowest BCUT2D eigenvalue weighted by Crippen LogP contribution is -2.33. The van der Waals surface area contributed by atoms with Crippen molar-refractivity contribution in [2.24, 2.45) is 5.92 Å². The molecule has 4 nitrogen and oxygen atoms in total. The molecule has 0 bridgehead atoms. The van der Waals surface area contributed by atoms with E-state index in [4.69, 9.17) is 11.6 Å². The van der Waals surface area contributed by atoms with Crippen LogP contribution < -0.4 is 10.0 Å². The Morgan fingerprint density at radius 3 is 2.95 bits per heavy atom. The Morgan fingerprint density at radius 1 is 1.45 bits per heavy atom. The van der Waals surface area contributed by atoms with Crippen molar-refractivity contribution in [3.63, 3.8) is 0 Å². The van der Waals surface area contributed by atoms with Crippen molar-refractivity contribution in [2.75, 3.05) is 19.6 Å². The van der Waals surface area contributed by atoms with Crippen LogP contribution in [-0.4, -0.2) is 28.1 Å². The van der Waals surface area contributed by atoms with E-state index in [-0.39, 0.29) is 4.90 Å². The first kappa shape index (κ1) is 16.2.